The Bertz CT molecular complexity index is 558. The summed E-state index contributed by atoms with van der Waals surface area (Å²) in [4.78, 5) is 35.3. The zero-order valence-electron chi connectivity index (χ0n) is 12.1. The molecular weight excluding hydrogens is 290 g/mol. The molecule has 0 unspecified atom stereocenters. The van der Waals surface area contributed by atoms with Crippen molar-refractivity contribution in [1.82, 2.24) is 4.90 Å². The van der Waals surface area contributed by atoms with E-state index in [1.165, 1.54) is 6.92 Å². The summed E-state index contributed by atoms with van der Waals surface area (Å²) in [6.45, 7) is 1.32. The summed E-state index contributed by atoms with van der Waals surface area (Å²) >= 11 is 0. The normalized spacial score (nSPS) is 20.5. The van der Waals surface area contributed by atoms with Gasteiger partial charge in [-0.05, 0) is 5.56 Å². The highest BCUT2D eigenvalue weighted by Gasteiger charge is 2.42. The first-order valence-corrected chi connectivity index (χ1v) is 6.84. The fraction of sp³-hybridized carbons (Fsp3) is 0.400. The number of ether oxygens (including phenoxy) is 2. The Labute approximate surface area is 127 Å². The maximum atomic E-state index is 12.1. The van der Waals surface area contributed by atoms with Crippen LogP contribution in [0.1, 0.15) is 18.9 Å². The molecule has 1 N–H and O–H groups in total. The van der Waals surface area contributed by atoms with Crippen LogP contribution in [0.5, 0.6) is 0 Å². The second kappa shape index (κ2) is 6.93. The lowest BCUT2D eigenvalue weighted by molar-refractivity contribution is -0.146. The van der Waals surface area contributed by atoms with Gasteiger partial charge in [0.05, 0.1) is 6.54 Å². The monoisotopic (exact) mass is 307 g/mol. The minimum Gasteiger partial charge on any atom is -0.480 e. The minimum atomic E-state index is -1.15. The van der Waals surface area contributed by atoms with Gasteiger partial charge in [-0.15, -0.1) is 0 Å². The van der Waals surface area contributed by atoms with E-state index in [0.717, 1.165) is 10.5 Å². The van der Waals surface area contributed by atoms with Crippen molar-refractivity contribution in [3.8, 4) is 0 Å². The highest BCUT2D eigenvalue weighted by molar-refractivity contribution is 5.81. The number of amides is 1. The highest BCUT2D eigenvalue weighted by Crippen LogP contribution is 2.22. The molecule has 0 aromatic heterocycles. The van der Waals surface area contributed by atoms with E-state index in [1.54, 1.807) is 12.1 Å². The predicted octanol–water partition coefficient (Wildman–Crippen LogP) is 1.41. The van der Waals surface area contributed by atoms with Gasteiger partial charge in [0.15, 0.2) is 0 Å². The number of carbonyl (C=O) groups excluding carboxylic acids is 2. The largest absolute Gasteiger partial charge is 0.480 e. The van der Waals surface area contributed by atoms with Crippen molar-refractivity contribution in [3.05, 3.63) is 35.9 Å². The standard InChI is InChI=1S/C15H17NO6/c1-10(17)22-12-7-13(14(18)19)16(8-12)15(20)21-9-11-5-3-2-4-6-11/h2-6,12-13H,7-9H2,1H3,(H,18,19)/t12-,13+/m0/s1. The molecule has 0 bridgehead atoms. The second-order valence-corrected chi connectivity index (χ2v) is 5.01. The van der Waals surface area contributed by atoms with E-state index in [0.29, 0.717) is 0 Å². The van der Waals surface area contributed by atoms with Crippen LogP contribution in [0.25, 0.3) is 0 Å². The molecule has 1 heterocycles. The maximum Gasteiger partial charge on any atom is 0.410 e. The number of hydrogen-bond acceptors (Lipinski definition) is 5. The molecule has 1 aromatic rings. The van der Waals surface area contributed by atoms with E-state index in [-0.39, 0.29) is 19.6 Å². The third-order valence-electron chi connectivity index (χ3n) is 3.32. The average molecular weight is 307 g/mol. The Morgan fingerprint density at radius 2 is 1.95 bits per heavy atom. The molecule has 1 saturated heterocycles. The quantitative estimate of drug-likeness (QED) is 0.845. The summed E-state index contributed by atoms with van der Waals surface area (Å²) in [7, 11) is 0. The number of benzene rings is 1. The van der Waals surface area contributed by atoms with Crippen molar-refractivity contribution < 1.29 is 29.0 Å². The predicted molar refractivity (Wildman–Crippen MR) is 74.9 cm³/mol. The first kappa shape index (κ1) is 15.8. The number of hydrogen-bond donors (Lipinski definition) is 1. The summed E-state index contributed by atoms with van der Waals surface area (Å²) in [5.74, 6) is -1.65. The number of carboxylic acids is 1. The number of esters is 1. The van der Waals surface area contributed by atoms with E-state index in [9.17, 15) is 19.5 Å². The minimum absolute atomic E-state index is 0.0180. The zero-order chi connectivity index (χ0) is 16.1. The lowest BCUT2D eigenvalue weighted by Crippen LogP contribution is -2.40. The van der Waals surface area contributed by atoms with Gasteiger partial charge in [0.25, 0.3) is 0 Å². The molecule has 0 spiro atoms. The van der Waals surface area contributed by atoms with E-state index >= 15 is 0 Å². The zero-order valence-corrected chi connectivity index (χ0v) is 12.1. The van der Waals surface area contributed by atoms with Crippen LogP contribution < -0.4 is 0 Å². The van der Waals surface area contributed by atoms with Crippen LogP contribution in [-0.4, -0.2) is 46.7 Å². The fourth-order valence-electron chi connectivity index (χ4n) is 2.36. The van der Waals surface area contributed by atoms with Gasteiger partial charge in [-0.2, -0.15) is 0 Å². The van der Waals surface area contributed by atoms with E-state index in [4.69, 9.17) is 9.47 Å². The number of likely N-dealkylation sites (tertiary alicyclic amines) is 1. The molecule has 1 fully saturated rings. The summed E-state index contributed by atoms with van der Waals surface area (Å²) in [5, 5.41) is 9.18. The van der Waals surface area contributed by atoms with Gasteiger partial charge in [-0.25, -0.2) is 9.59 Å². The van der Waals surface area contributed by atoms with Crippen LogP contribution in [0.2, 0.25) is 0 Å². The summed E-state index contributed by atoms with van der Waals surface area (Å²) in [6, 6.07) is 8.02. The van der Waals surface area contributed by atoms with Gasteiger partial charge in [0.1, 0.15) is 18.8 Å². The first-order valence-electron chi connectivity index (χ1n) is 6.84. The van der Waals surface area contributed by atoms with Crippen LogP contribution in [0.3, 0.4) is 0 Å². The number of rotatable bonds is 4. The Balaban J connectivity index is 1.97. The summed E-state index contributed by atoms with van der Waals surface area (Å²) < 4.78 is 10.1. The van der Waals surface area contributed by atoms with Crippen LogP contribution in [-0.2, 0) is 25.7 Å². The molecule has 118 valence electrons. The molecule has 2 rings (SSSR count). The summed E-state index contributed by atoms with van der Waals surface area (Å²) in [6.07, 6.45) is -1.29. The van der Waals surface area contributed by atoms with E-state index in [1.807, 2.05) is 18.2 Å². The third kappa shape index (κ3) is 3.97. The Kier molecular flexibility index (Phi) is 4.98. The molecule has 7 heteroatoms. The smallest absolute Gasteiger partial charge is 0.410 e. The fourth-order valence-corrected chi connectivity index (χ4v) is 2.36. The van der Waals surface area contributed by atoms with Gasteiger partial charge in [0, 0.05) is 13.3 Å². The highest BCUT2D eigenvalue weighted by atomic mass is 16.6. The summed E-state index contributed by atoms with van der Waals surface area (Å²) in [5.41, 5.74) is 0.804. The lowest BCUT2D eigenvalue weighted by Gasteiger charge is -2.20. The van der Waals surface area contributed by atoms with Gasteiger partial charge in [-0.3, -0.25) is 9.69 Å². The SMILES string of the molecule is CC(=O)O[C@H]1C[C@H](C(=O)O)N(C(=O)OCc2ccccc2)C1. The van der Waals surface area contributed by atoms with Crippen molar-refractivity contribution >= 4 is 18.0 Å². The Morgan fingerprint density at radius 3 is 2.55 bits per heavy atom. The molecule has 0 saturated carbocycles. The second-order valence-electron chi connectivity index (χ2n) is 5.01. The molecule has 0 aliphatic carbocycles. The van der Waals surface area contributed by atoms with Crippen molar-refractivity contribution in [1.29, 1.82) is 0 Å². The van der Waals surface area contributed by atoms with Crippen LogP contribution in [0.4, 0.5) is 4.79 Å². The number of aliphatic carboxylic acids is 1. The number of carboxylic acid groups (broad SMARTS) is 1. The van der Waals surface area contributed by atoms with E-state index < -0.39 is 30.2 Å². The molecular formula is C15H17NO6. The molecule has 22 heavy (non-hydrogen) atoms. The maximum absolute atomic E-state index is 12.1. The average Bonchev–Trinajstić information content (AvgIpc) is 2.89. The number of nitrogens with zero attached hydrogens (tertiary/aromatic N) is 1. The van der Waals surface area contributed by atoms with E-state index in [2.05, 4.69) is 0 Å². The number of carbonyl (C=O) groups is 3. The van der Waals surface area contributed by atoms with Crippen molar-refractivity contribution in [2.24, 2.45) is 0 Å². The van der Waals surface area contributed by atoms with Crippen molar-refractivity contribution in [2.45, 2.75) is 32.1 Å². The molecule has 1 aliphatic heterocycles. The van der Waals surface area contributed by atoms with Crippen molar-refractivity contribution in [2.75, 3.05) is 6.54 Å². The Morgan fingerprint density at radius 1 is 1.27 bits per heavy atom. The molecule has 1 aromatic carbocycles. The van der Waals surface area contributed by atoms with Crippen LogP contribution in [0, 0.1) is 0 Å². The third-order valence-corrected chi connectivity index (χ3v) is 3.32. The first-order chi connectivity index (χ1) is 10.5. The molecule has 1 amide bonds. The van der Waals surface area contributed by atoms with Crippen LogP contribution >= 0.6 is 0 Å². The van der Waals surface area contributed by atoms with Gasteiger partial charge in [-0.1, -0.05) is 30.3 Å². The molecule has 7 nitrogen and oxygen atoms in total. The molecule has 1 aliphatic rings. The van der Waals surface area contributed by atoms with Gasteiger partial charge < -0.3 is 14.6 Å². The molecule has 2 atom stereocenters. The Hall–Kier alpha value is -2.57. The van der Waals surface area contributed by atoms with Crippen LogP contribution in [0.15, 0.2) is 30.3 Å². The van der Waals surface area contributed by atoms with Gasteiger partial charge >= 0.3 is 18.0 Å². The molecule has 0 radical (unpaired) electrons. The van der Waals surface area contributed by atoms with Gasteiger partial charge in [0.2, 0.25) is 0 Å². The topological polar surface area (TPSA) is 93.1 Å². The lowest BCUT2D eigenvalue weighted by atomic mass is 10.2. The van der Waals surface area contributed by atoms with Crippen molar-refractivity contribution in [3.63, 3.8) is 0 Å².